The molecule has 0 saturated heterocycles. The van der Waals surface area contributed by atoms with Gasteiger partial charge in [0.25, 0.3) is 0 Å². The highest BCUT2D eigenvalue weighted by molar-refractivity contribution is 5.66. The maximum absolute atomic E-state index is 9.98. The molecule has 0 fully saturated rings. The lowest BCUT2D eigenvalue weighted by Crippen LogP contribution is -2.16. The average molecular weight is 128 g/mol. The van der Waals surface area contributed by atoms with Gasteiger partial charge in [-0.05, 0) is 0 Å². The van der Waals surface area contributed by atoms with Gasteiger partial charge in [0.15, 0.2) is 0 Å². The van der Waals surface area contributed by atoms with E-state index in [1.807, 2.05) is 0 Å². The fraction of sp³-hybridized carbons (Fsp3) is 0. The summed E-state index contributed by atoms with van der Waals surface area (Å²) in [6, 6.07) is 0.00231. The van der Waals surface area contributed by atoms with Gasteiger partial charge in [0, 0.05) is 0 Å². The Morgan fingerprint density at radius 3 is 3.11 bits per heavy atom. The fourth-order valence-electron chi connectivity index (χ4n) is 0.339. The van der Waals surface area contributed by atoms with Crippen LogP contribution in [0.3, 0.4) is 0 Å². The van der Waals surface area contributed by atoms with Crippen molar-refractivity contribution < 1.29 is 9.53 Å². The Hall–Kier alpha value is -1.59. The van der Waals surface area contributed by atoms with Gasteiger partial charge in [0.05, 0.1) is 0 Å². The Morgan fingerprint density at radius 2 is 2.67 bits per heavy atom. The summed E-state index contributed by atoms with van der Waals surface area (Å²) in [7, 11) is 0. The maximum Gasteiger partial charge on any atom is 0.412 e. The number of carbonyl (C=O) groups excluding carboxylic acids is 1. The average Bonchev–Trinajstić information content (AvgIpc) is 2.15. The van der Waals surface area contributed by atoms with E-state index in [-0.39, 0.29) is 6.01 Å². The van der Waals surface area contributed by atoms with Gasteiger partial charge < -0.3 is 10.5 Å². The van der Waals surface area contributed by atoms with Crippen LogP contribution in [0.2, 0.25) is 0 Å². The largest absolute Gasteiger partial charge is 0.412 e. The Kier molecular flexibility index (Phi) is 1.31. The minimum Gasteiger partial charge on any atom is -0.374 e. The predicted octanol–water partition coefficient (Wildman–Crippen LogP) is -0.738. The van der Waals surface area contributed by atoms with Gasteiger partial charge in [-0.3, -0.25) is 0 Å². The van der Waals surface area contributed by atoms with E-state index >= 15 is 0 Å². The lowest BCUT2D eigenvalue weighted by atomic mass is 11.1. The summed E-state index contributed by atoms with van der Waals surface area (Å²) in [5.41, 5.74) is 4.63. The molecule has 0 atom stereocenters. The zero-order valence-electron chi connectivity index (χ0n) is 4.37. The van der Waals surface area contributed by atoms with Gasteiger partial charge in [-0.25, -0.2) is 9.89 Å². The van der Waals surface area contributed by atoms with Gasteiger partial charge in [-0.2, -0.15) is 10.1 Å². The molecule has 0 aliphatic carbocycles. The van der Waals surface area contributed by atoms with Crippen molar-refractivity contribution in [3.05, 3.63) is 6.33 Å². The van der Waals surface area contributed by atoms with Crippen LogP contribution in [0.4, 0.5) is 4.79 Å². The molecule has 0 aliphatic heterocycles. The number of ether oxygens (including phenoxy) is 1. The van der Waals surface area contributed by atoms with Crippen molar-refractivity contribution >= 4 is 6.09 Å². The molecule has 3 N–H and O–H groups in total. The monoisotopic (exact) mass is 128 g/mol. The lowest BCUT2D eigenvalue weighted by Gasteiger charge is -1.89. The van der Waals surface area contributed by atoms with Crippen LogP contribution in [-0.2, 0) is 0 Å². The molecule has 1 heterocycles. The molecule has 6 heteroatoms. The number of H-pyrrole nitrogens is 1. The second kappa shape index (κ2) is 2.12. The third kappa shape index (κ3) is 1.41. The molecule has 0 radical (unpaired) electrons. The standard InChI is InChI=1S/C3H4N4O2/c4-2(8)9-3-5-1-6-7-3/h1H,(H2,4,8)(H,5,6,7). The Labute approximate surface area is 50.0 Å². The zero-order chi connectivity index (χ0) is 6.69. The number of hydrogen-bond acceptors (Lipinski definition) is 4. The number of aromatic amines is 1. The number of carbonyl (C=O) groups is 1. The van der Waals surface area contributed by atoms with Crippen molar-refractivity contribution in [2.24, 2.45) is 5.73 Å². The van der Waals surface area contributed by atoms with Crippen LogP contribution >= 0.6 is 0 Å². The number of amides is 1. The number of primary amides is 1. The third-order valence-electron chi connectivity index (χ3n) is 0.590. The summed E-state index contributed by atoms with van der Waals surface area (Å²) in [5, 5.41) is 5.69. The first kappa shape index (κ1) is 5.54. The van der Waals surface area contributed by atoms with Crippen molar-refractivity contribution in [1.29, 1.82) is 0 Å². The molecule has 0 aliphatic rings. The highest BCUT2D eigenvalue weighted by Crippen LogP contribution is 1.93. The molecule has 0 bridgehead atoms. The molecule has 1 aromatic heterocycles. The van der Waals surface area contributed by atoms with E-state index in [1.54, 1.807) is 0 Å². The van der Waals surface area contributed by atoms with E-state index < -0.39 is 6.09 Å². The van der Waals surface area contributed by atoms with Gasteiger partial charge in [0.2, 0.25) is 0 Å². The number of nitrogens with one attached hydrogen (secondary N) is 1. The van der Waals surface area contributed by atoms with Crippen LogP contribution in [0.5, 0.6) is 6.01 Å². The summed E-state index contributed by atoms with van der Waals surface area (Å²) >= 11 is 0. The van der Waals surface area contributed by atoms with Gasteiger partial charge in [-0.1, -0.05) is 0 Å². The van der Waals surface area contributed by atoms with E-state index in [2.05, 4.69) is 25.7 Å². The van der Waals surface area contributed by atoms with Crippen LogP contribution in [0.15, 0.2) is 6.33 Å². The zero-order valence-corrected chi connectivity index (χ0v) is 4.37. The molecular formula is C3H4N4O2. The van der Waals surface area contributed by atoms with Crippen molar-refractivity contribution in [1.82, 2.24) is 15.2 Å². The highest BCUT2D eigenvalue weighted by atomic mass is 16.6. The van der Waals surface area contributed by atoms with Gasteiger partial charge in [-0.15, -0.1) is 0 Å². The molecule has 6 nitrogen and oxygen atoms in total. The van der Waals surface area contributed by atoms with Crippen LogP contribution in [-0.4, -0.2) is 21.3 Å². The molecule has 1 amide bonds. The summed E-state index contributed by atoms with van der Waals surface area (Å²) < 4.78 is 4.26. The number of aromatic nitrogens is 3. The number of hydrogen-bond donors (Lipinski definition) is 2. The number of rotatable bonds is 1. The smallest absolute Gasteiger partial charge is 0.374 e. The topological polar surface area (TPSA) is 93.9 Å². The summed E-state index contributed by atoms with van der Waals surface area (Å²) in [5.74, 6) is 0. The van der Waals surface area contributed by atoms with Crippen molar-refractivity contribution in [3.63, 3.8) is 0 Å². The maximum atomic E-state index is 9.98. The number of nitrogens with two attached hydrogens (primary N) is 1. The molecule has 9 heavy (non-hydrogen) atoms. The summed E-state index contributed by atoms with van der Waals surface area (Å²) in [6.45, 7) is 0. The van der Waals surface area contributed by atoms with Crippen LogP contribution in [0.25, 0.3) is 0 Å². The van der Waals surface area contributed by atoms with E-state index in [0.717, 1.165) is 0 Å². The van der Waals surface area contributed by atoms with Crippen LogP contribution in [0, 0.1) is 0 Å². The van der Waals surface area contributed by atoms with Crippen molar-refractivity contribution in [2.75, 3.05) is 0 Å². The molecular weight excluding hydrogens is 124 g/mol. The molecule has 0 unspecified atom stereocenters. The van der Waals surface area contributed by atoms with E-state index in [4.69, 9.17) is 0 Å². The first-order valence-corrected chi connectivity index (χ1v) is 2.11. The van der Waals surface area contributed by atoms with Crippen LogP contribution in [0.1, 0.15) is 0 Å². The molecule has 0 spiro atoms. The van der Waals surface area contributed by atoms with Crippen molar-refractivity contribution in [3.8, 4) is 6.01 Å². The molecule has 0 saturated carbocycles. The molecule has 1 rings (SSSR count). The number of nitrogens with zero attached hydrogens (tertiary/aromatic N) is 2. The Morgan fingerprint density at radius 1 is 1.89 bits per heavy atom. The third-order valence-corrected chi connectivity index (χ3v) is 0.590. The lowest BCUT2D eigenvalue weighted by molar-refractivity contribution is 0.207. The second-order valence-corrected chi connectivity index (χ2v) is 1.21. The highest BCUT2D eigenvalue weighted by Gasteiger charge is 1.97. The van der Waals surface area contributed by atoms with E-state index in [1.165, 1.54) is 6.33 Å². The molecule has 0 aromatic carbocycles. The Bertz CT molecular complexity index is 194. The first-order valence-electron chi connectivity index (χ1n) is 2.11. The first-order chi connectivity index (χ1) is 4.29. The normalized spacial score (nSPS) is 8.89. The summed E-state index contributed by atoms with van der Waals surface area (Å²) in [4.78, 5) is 13.4. The van der Waals surface area contributed by atoms with Crippen LogP contribution < -0.4 is 10.5 Å². The minimum atomic E-state index is -0.910. The molecule has 1 aromatic rings. The van der Waals surface area contributed by atoms with Crippen molar-refractivity contribution in [2.45, 2.75) is 0 Å². The van der Waals surface area contributed by atoms with E-state index in [0.29, 0.717) is 0 Å². The van der Waals surface area contributed by atoms with Gasteiger partial charge >= 0.3 is 12.1 Å². The predicted molar refractivity (Wildman–Crippen MR) is 26.6 cm³/mol. The second-order valence-electron chi connectivity index (χ2n) is 1.21. The van der Waals surface area contributed by atoms with Gasteiger partial charge in [0.1, 0.15) is 6.33 Å². The fourth-order valence-corrected chi connectivity index (χ4v) is 0.339. The van der Waals surface area contributed by atoms with E-state index in [9.17, 15) is 4.79 Å². The quantitative estimate of drug-likeness (QED) is 0.520. The Balaban J connectivity index is 2.58. The minimum absolute atomic E-state index is 0.00231. The SMILES string of the molecule is NC(=O)Oc1ncn[nH]1. The summed E-state index contributed by atoms with van der Waals surface area (Å²) in [6.07, 6.45) is 0.296. The molecule has 48 valence electrons.